The van der Waals surface area contributed by atoms with Crippen LogP contribution in [-0.2, 0) is 16.1 Å². The van der Waals surface area contributed by atoms with Crippen LogP contribution in [0.1, 0.15) is 37.0 Å². The highest BCUT2D eigenvalue weighted by Crippen LogP contribution is 2.20. The number of esters is 1. The molecule has 0 aliphatic carbocycles. The van der Waals surface area contributed by atoms with E-state index in [1.165, 1.54) is 0 Å². The van der Waals surface area contributed by atoms with E-state index in [0.717, 1.165) is 5.56 Å². The van der Waals surface area contributed by atoms with Gasteiger partial charge in [0.2, 0.25) is 5.89 Å². The first-order chi connectivity index (χ1) is 15.0. The first-order valence-corrected chi connectivity index (χ1v) is 10.2. The summed E-state index contributed by atoms with van der Waals surface area (Å²) in [6.07, 6.45) is 1.59. The molecule has 7 heteroatoms. The number of ether oxygens (including phenoxy) is 2. The average Bonchev–Trinajstić information content (AvgIpc) is 3.26. The molecule has 0 spiro atoms. The normalized spacial score (nSPS) is 11.7. The van der Waals surface area contributed by atoms with Gasteiger partial charge >= 0.3 is 5.97 Å². The molecule has 0 bridgehead atoms. The fourth-order valence-corrected chi connectivity index (χ4v) is 2.93. The van der Waals surface area contributed by atoms with E-state index in [9.17, 15) is 9.59 Å². The van der Waals surface area contributed by atoms with Crippen molar-refractivity contribution in [3.8, 4) is 17.1 Å². The van der Waals surface area contributed by atoms with Crippen LogP contribution in [0.2, 0.25) is 0 Å². The number of hydrogen-bond acceptors (Lipinski definition) is 6. The lowest BCUT2D eigenvalue weighted by molar-refractivity contribution is -0.149. The van der Waals surface area contributed by atoms with Crippen molar-refractivity contribution in [3.63, 3.8) is 0 Å². The molecule has 162 valence electrons. The van der Waals surface area contributed by atoms with E-state index < -0.39 is 12.0 Å². The van der Waals surface area contributed by atoms with E-state index in [2.05, 4.69) is 10.3 Å². The minimum absolute atomic E-state index is 0.117. The Balaban J connectivity index is 1.59. The Morgan fingerprint density at radius 2 is 1.77 bits per heavy atom. The highest BCUT2D eigenvalue weighted by molar-refractivity contribution is 5.96. The summed E-state index contributed by atoms with van der Waals surface area (Å²) in [5.74, 6) is 0.488. The smallest absolute Gasteiger partial charge is 0.329 e. The van der Waals surface area contributed by atoms with E-state index >= 15 is 0 Å². The summed E-state index contributed by atoms with van der Waals surface area (Å²) in [5.41, 5.74) is 1.32. The topological polar surface area (TPSA) is 90.7 Å². The van der Waals surface area contributed by atoms with Crippen LogP contribution in [-0.4, -0.2) is 29.5 Å². The molecular weight excluding hydrogens is 396 g/mol. The Morgan fingerprint density at radius 3 is 2.42 bits per heavy atom. The highest BCUT2D eigenvalue weighted by atomic mass is 16.5. The standard InChI is InChI=1S/C24H26N2O5/c1-4-29-19-12-10-18(11-13-19)23(27)26-22(16(2)3)24(28)30-15-21-25-14-20(31-21)17-8-6-5-7-9-17/h5-14,16,22H,4,15H2,1-3H3,(H,26,27)/t22-/m0/s1. The molecule has 1 N–H and O–H groups in total. The summed E-state index contributed by atoms with van der Waals surface area (Å²) in [6, 6.07) is 15.5. The van der Waals surface area contributed by atoms with Gasteiger partial charge in [0.1, 0.15) is 11.8 Å². The van der Waals surface area contributed by atoms with Gasteiger partial charge < -0.3 is 19.2 Å². The van der Waals surface area contributed by atoms with Crippen molar-refractivity contribution >= 4 is 11.9 Å². The molecule has 0 fully saturated rings. The molecule has 2 aromatic carbocycles. The molecule has 0 saturated heterocycles. The number of nitrogens with zero attached hydrogens (tertiary/aromatic N) is 1. The van der Waals surface area contributed by atoms with Gasteiger partial charge in [-0.1, -0.05) is 44.2 Å². The van der Waals surface area contributed by atoms with Crippen molar-refractivity contribution in [1.82, 2.24) is 10.3 Å². The number of hydrogen-bond donors (Lipinski definition) is 1. The van der Waals surface area contributed by atoms with Crippen molar-refractivity contribution < 1.29 is 23.5 Å². The zero-order valence-electron chi connectivity index (χ0n) is 17.8. The van der Waals surface area contributed by atoms with Crippen LogP contribution in [0.5, 0.6) is 5.75 Å². The van der Waals surface area contributed by atoms with E-state index in [-0.39, 0.29) is 24.3 Å². The van der Waals surface area contributed by atoms with Gasteiger partial charge in [0.15, 0.2) is 12.4 Å². The minimum Gasteiger partial charge on any atom is -0.494 e. The third-order valence-electron chi connectivity index (χ3n) is 4.58. The van der Waals surface area contributed by atoms with Gasteiger partial charge in [-0.15, -0.1) is 0 Å². The third kappa shape index (κ3) is 5.94. The number of nitrogens with one attached hydrogen (secondary N) is 1. The minimum atomic E-state index is -0.803. The van der Waals surface area contributed by atoms with Gasteiger partial charge in [0.25, 0.3) is 5.91 Å². The number of aromatic nitrogens is 1. The third-order valence-corrected chi connectivity index (χ3v) is 4.58. The predicted molar refractivity (Wildman–Crippen MR) is 115 cm³/mol. The predicted octanol–water partition coefficient (Wildman–Crippen LogP) is 4.24. The quantitative estimate of drug-likeness (QED) is 0.519. The van der Waals surface area contributed by atoms with Crippen molar-refractivity contribution in [1.29, 1.82) is 0 Å². The Bertz CT molecular complexity index is 996. The van der Waals surface area contributed by atoms with E-state index in [4.69, 9.17) is 13.9 Å². The fourth-order valence-electron chi connectivity index (χ4n) is 2.93. The van der Waals surface area contributed by atoms with Crippen molar-refractivity contribution in [3.05, 3.63) is 72.2 Å². The monoisotopic (exact) mass is 422 g/mol. The molecule has 3 rings (SSSR count). The molecule has 0 aliphatic heterocycles. The zero-order chi connectivity index (χ0) is 22.2. The van der Waals surface area contributed by atoms with Crippen LogP contribution < -0.4 is 10.1 Å². The van der Waals surface area contributed by atoms with Crippen LogP contribution in [0.15, 0.2) is 65.2 Å². The van der Waals surface area contributed by atoms with Crippen LogP contribution in [0, 0.1) is 5.92 Å². The Kier molecular flexibility index (Phi) is 7.43. The first kappa shape index (κ1) is 22.1. The van der Waals surface area contributed by atoms with Gasteiger partial charge in [-0.25, -0.2) is 9.78 Å². The second-order valence-corrected chi connectivity index (χ2v) is 7.24. The maximum Gasteiger partial charge on any atom is 0.329 e. The largest absolute Gasteiger partial charge is 0.494 e. The van der Waals surface area contributed by atoms with Gasteiger partial charge in [0.05, 0.1) is 12.8 Å². The molecule has 1 aromatic heterocycles. The number of carbonyl (C=O) groups excluding carboxylic acids is 2. The molecule has 1 amide bonds. The van der Waals surface area contributed by atoms with Gasteiger partial charge in [-0.3, -0.25) is 4.79 Å². The van der Waals surface area contributed by atoms with Crippen LogP contribution in [0.3, 0.4) is 0 Å². The van der Waals surface area contributed by atoms with Gasteiger partial charge in [-0.05, 0) is 37.1 Å². The zero-order valence-corrected chi connectivity index (χ0v) is 17.8. The van der Waals surface area contributed by atoms with Crippen LogP contribution in [0.25, 0.3) is 11.3 Å². The number of amides is 1. The number of oxazole rings is 1. The molecule has 3 aromatic rings. The lowest BCUT2D eigenvalue weighted by atomic mass is 10.0. The van der Waals surface area contributed by atoms with Crippen LogP contribution >= 0.6 is 0 Å². The molecular formula is C24H26N2O5. The summed E-state index contributed by atoms with van der Waals surface area (Å²) >= 11 is 0. The number of carbonyl (C=O) groups is 2. The molecule has 1 atom stereocenters. The maximum atomic E-state index is 12.6. The molecule has 7 nitrogen and oxygen atoms in total. The molecule has 0 radical (unpaired) electrons. The SMILES string of the molecule is CCOc1ccc(C(=O)N[C@H](C(=O)OCc2ncc(-c3ccccc3)o2)C(C)C)cc1. The van der Waals surface area contributed by atoms with Crippen molar-refractivity contribution in [2.24, 2.45) is 5.92 Å². The lowest BCUT2D eigenvalue weighted by Gasteiger charge is -2.20. The first-order valence-electron chi connectivity index (χ1n) is 10.2. The van der Waals surface area contributed by atoms with E-state index in [1.807, 2.05) is 51.1 Å². The Morgan fingerprint density at radius 1 is 1.06 bits per heavy atom. The molecule has 0 saturated carbocycles. The van der Waals surface area contributed by atoms with Crippen molar-refractivity contribution in [2.75, 3.05) is 6.61 Å². The molecule has 1 heterocycles. The lowest BCUT2D eigenvalue weighted by Crippen LogP contribution is -2.45. The number of benzene rings is 2. The molecule has 0 aliphatic rings. The second-order valence-electron chi connectivity index (χ2n) is 7.24. The number of rotatable bonds is 9. The van der Waals surface area contributed by atoms with E-state index in [1.54, 1.807) is 30.5 Å². The maximum absolute atomic E-state index is 12.6. The molecule has 0 unspecified atom stereocenters. The van der Waals surface area contributed by atoms with Gasteiger partial charge in [-0.2, -0.15) is 0 Å². The van der Waals surface area contributed by atoms with Gasteiger partial charge in [0, 0.05) is 11.1 Å². The Hall–Kier alpha value is -3.61. The second kappa shape index (κ2) is 10.4. The van der Waals surface area contributed by atoms with Crippen LogP contribution in [0.4, 0.5) is 0 Å². The summed E-state index contributed by atoms with van der Waals surface area (Å²) in [7, 11) is 0. The molecule has 31 heavy (non-hydrogen) atoms. The summed E-state index contributed by atoms with van der Waals surface area (Å²) in [5, 5.41) is 2.75. The fraction of sp³-hybridized carbons (Fsp3) is 0.292. The average molecular weight is 422 g/mol. The Labute approximate surface area is 181 Å². The van der Waals surface area contributed by atoms with Crippen molar-refractivity contribution in [2.45, 2.75) is 33.4 Å². The summed E-state index contributed by atoms with van der Waals surface area (Å²) < 4.78 is 16.4. The summed E-state index contributed by atoms with van der Waals surface area (Å²) in [4.78, 5) is 29.3. The summed E-state index contributed by atoms with van der Waals surface area (Å²) in [6.45, 7) is 5.99. The highest BCUT2D eigenvalue weighted by Gasteiger charge is 2.26. The van der Waals surface area contributed by atoms with E-state index in [0.29, 0.717) is 23.7 Å².